The standard InChI is InChI=1S/C14H11BrO2/c1-9-8-11(4-7-13(9)16)14(17)10-2-5-12(15)6-3-10/h2-8,16H,1H3. The van der Waals surface area contributed by atoms with Crippen LogP contribution in [0.5, 0.6) is 5.75 Å². The van der Waals surface area contributed by atoms with E-state index >= 15 is 0 Å². The fraction of sp³-hybridized carbons (Fsp3) is 0.0714. The van der Waals surface area contributed by atoms with E-state index in [0.717, 1.165) is 4.47 Å². The third kappa shape index (κ3) is 2.56. The highest BCUT2D eigenvalue weighted by Gasteiger charge is 2.09. The maximum absolute atomic E-state index is 12.1. The number of rotatable bonds is 2. The fourth-order valence-corrected chi connectivity index (χ4v) is 1.83. The molecule has 2 nitrogen and oxygen atoms in total. The van der Waals surface area contributed by atoms with Gasteiger partial charge in [-0.2, -0.15) is 0 Å². The van der Waals surface area contributed by atoms with Gasteiger partial charge in [0.1, 0.15) is 5.75 Å². The molecule has 17 heavy (non-hydrogen) atoms. The summed E-state index contributed by atoms with van der Waals surface area (Å²) in [6, 6.07) is 12.1. The van der Waals surface area contributed by atoms with Crippen molar-refractivity contribution in [2.24, 2.45) is 0 Å². The Labute approximate surface area is 108 Å². The quantitative estimate of drug-likeness (QED) is 0.857. The van der Waals surface area contributed by atoms with Crippen molar-refractivity contribution in [2.45, 2.75) is 6.92 Å². The normalized spacial score (nSPS) is 10.2. The zero-order chi connectivity index (χ0) is 12.4. The first kappa shape index (κ1) is 11.9. The van der Waals surface area contributed by atoms with Crippen molar-refractivity contribution in [3.63, 3.8) is 0 Å². The smallest absolute Gasteiger partial charge is 0.193 e. The van der Waals surface area contributed by atoms with Crippen LogP contribution in [0, 0.1) is 6.92 Å². The maximum Gasteiger partial charge on any atom is 0.193 e. The Kier molecular flexibility index (Phi) is 3.29. The van der Waals surface area contributed by atoms with Crippen molar-refractivity contribution in [3.05, 3.63) is 63.6 Å². The van der Waals surface area contributed by atoms with E-state index in [1.54, 1.807) is 37.3 Å². The van der Waals surface area contributed by atoms with Gasteiger partial charge in [-0.05, 0) is 55.0 Å². The monoisotopic (exact) mass is 290 g/mol. The number of ketones is 1. The molecule has 0 aromatic heterocycles. The summed E-state index contributed by atoms with van der Waals surface area (Å²) in [7, 11) is 0. The number of phenols is 1. The minimum Gasteiger partial charge on any atom is -0.508 e. The first-order valence-corrected chi connectivity index (χ1v) is 5.97. The molecule has 0 aliphatic heterocycles. The Morgan fingerprint density at radius 1 is 1.06 bits per heavy atom. The summed E-state index contributed by atoms with van der Waals surface area (Å²) in [5, 5.41) is 9.41. The van der Waals surface area contributed by atoms with Crippen molar-refractivity contribution in [2.75, 3.05) is 0 Å². The van der Waals surface area contributed by atoms with Gasteiger partial charge in [0.05, 0.1) is 0 Å². The van der Waals surface area contributed by atoms with E-state index in [-0.39, 0.29) is 11.5 Å². The highest BCUT2D eigenvalue weighted by molar-refractivity contribution is 9.10. The summed E-state index contributed by atoms with van der Waals surface area (Å²) >= 11 is 3.33. The van der Waals surface area contributed by atoms with Crippen LogP contribution in [0.1, 0.15) is 21.5 Å². The molecule has 3 heteroatoms. The lowest BCUT2D eigenvalue weighted by Gasteiger charge is -2.04. The Morgan fingerprint density at radius 2 is 1.65 bits per heavy atom. The van der Waals surface area contributed by atoms with Crippen molar-refractivity contribution >= 4 is 21.7 Å². The maximum atomic E-state index is 12.1. The molecule has 0 amide bonds. The SMILES string of the molecule is Cc1cc(C(=O)c2ccc(Br)cc2)ccc1O. The zero-order valence-electron chi connectivity index (χ0n) is 9.27. The average molecular weight is 291 g/mol. The molecule has 86 valence electrons. The molecule has 1 N–H and O–H groups in total. The van der Waals surface area contributed by atoms with Crippen LogP contribution in [0.3, 0.4) is 0 Å². The molecule has 0 fully saturated rings. The number of aromatic hydroxyl groups is 1. The molecule has 0 radical (unpaired) electrons. The molecule has 0 saturated heterocycles. The Balaban J connectivity index is 2.37. The molecule has 0 aliphatic rings. The first-order valence-electron chi connectivity index (χ1n) is 5.18. The molecule has 0 bridgehead atoms. The molecule has 2 aromatic carbocycles. The van der Waals surface area contributed by atoms with E-state index in [4.69, 9.17) is 0 Å². The van der Waals surface area contributed by atoms with Crippen LogP contribution < -0.4 is 0 Å². The Morgan fingerprint density at radius 3 is 2.24 bits per heavy atom. The van der Waals surface area contributed by atoms with Gasteiger partial charge in [0.15, 0.2) is 5.78 Å². The van der Waals surface area contributed by atoms with Gasteiger partial charge < -0.3 is 5.11 Å². The first-order chi connectivity index (χ1) is 8.08. The predicted molar refractivity (Wildman–Crippen MR) is 70.4 cm³/mol. The molecule has 0 unspecified atom stereocenters. The second-order valence-electron chi connectivity index (χ2n) is 3.84. The average Bonchev–Trinajstić information content (AvgIpc) is 2.33. The minimum absolute atomic E-state index is 0.0411. The van der Waals surface area contributed by atoms with E-state index in [1.807, 2.05) is 12.1 Å². The van der Waals surface area contributed by atoms with Gasteiger partial charge in [0.2, 0.25) is 0 Å². The van der Waals surface area contributed by atoms with Crippen molar-refractivity contribution in [1.29, 1.82) is 0 Å². The molecular formula is C14H11BrO2. The zero-order valence-corrected chi connectivity index (χ0v) is 10.9. The highest BCUT2D eigenvalue weighted by Crippen LogP contribution is 2.20. The fourth-order valence-electron chi connectivity index (χ4n) is 1.56. The second kappa shape index (κ2) is 4.72. The van der Waals surface area contributed by atoms with Gasteiger partial charge in [-0.3, -0.25) is 4.79 Å². The number of hydrogen-bond acceptors (Lipinski definition) is 2. The number of carbonyl (C=O) groups is 1. The van der Waals surface area contributed by atoms with Gasteiger partial charge in [-0.1, -0.05) is 15.9 Å². The van der Waals surface area contributed by atoms with Crippen LogP contribution in [-0.4, -0.2) is 10.9 Å². The molecule has 0 aliphatic carbocycles. The summed E-state index contributed by atoms with van der Waals surface area (Å²) in [4.78, 5) is 12.1. The van der Waals surface area contributed by atoms with Crippen LogP contribution in [0.4, 0.5) is 0 Å². The highest BCUT2D eigenvalue weighted by atomic mass is 79.9. The van der Waals surface area contributed by atoms with Gasteiger partial charge in [0, 0.05) is 15.6 Å². The van der Waals surface area contributed by atoms with E-state index < -0.39 is 0 Å². The number of phenolic OH excluding ortho intramolecular Hbond substituents is 1. The number of halogens is 1. The second-order valence-corrected chi connectivity index (χ2v) is 4.75. The lowest BCUT2D eigenvalue weighted by atomic mass is 10.0. The summed E-state index contributed by atoms with van der Waals surface area (Å²) in [5.74, 6) is 0.165. The topological polar surface area (TPSA) is 37.3 Å². The van der Waals surface area contributed by atoms with Crippen molar-refractivity contribution in [3.8, 4) is 5.75 Å². The minimum atomic E-state index is -0.0411. The third-order valence-corrected chi connectivity index (χ3v) is 3.09. The van der Waals surface area contributed by atoms with Gasteiger partial charge >= 0.3 is 0 Å². The van der Waals surface area contributed by atoms with Crippen LogP contribution in [0.15, 0.2) is 46.9 Å². The number of carbonyl (C=O) groups excluding carboxylic acids is 1. The lowest BCUT2D eigenvalue weighted by molar-refractivity contribution is 0.103. The molecule has 0 saturated carbocycles. The summed E-state index contributed by atoms with van der Waals surface area (Å²) in [6.45, 7) is 1.77. The molecule has 0 heterocycles. The predicted octanol–water partition coefficient (Wildman–Crippen LogP) is 3.69. The van der Waals surface area contributed by atoms with Crippen molar-refractivity contribution in [1.82, 2.24) is 0 Å². The lowest BCUT2D eigenvalue weighted by Crippen LogP contribution is -2.01. The number of benzene rings is 2. The Bertz CT molecular complexity index is 559. The molecule has 2 aromatic rings. The summed E-state index contributed by atoms with van der Waals surface area (Å²) in [5.41, 5.74) is 1.92. The van der Waals surface area contributed by atoms with Crippen molar-refractivity contribution < 1.29 is 9.90 Å². The molecular weight excluding hydrogens is 280 g/mol. The van der Waals surface area contributed by atoms with Gasteiger partial charge in [-0.15, -0.1) is 0 Å². The van der Waals surface area contributed by atoms with E-state index in [2.05, 4.69) is 15.9 Å². The van der Waals surface area contributed by atoms with Gasteiger partial charge in [-0.25, -0.2) is 0 Å². The largest absolute Gasteiger partial charge is 0.508 e. The van der Waals surface area contributed by atoms with Gasteiger partial charge in [0.25, 0.3) is 0 Å². The number of aryl methyl sites for hydroxylation is 1. The van der Waals surface area contributed by atoms with Crippen LogP contribution in [0.25, 0.3) is 0 Å². The molecule has 0 atom stereocenters. The van der Waals surface area contributed by atoms with E-state index in [1.165, 1.54) is 0 Å². The molecule has 0 spiro atoms. The van der Waals surface area contributed by atoms with E-state index in [9.17, 15) is 9.90 Å². The Hall–Kier alpha value is -1.61. The van der Waals surface area contributed by atoms with E-state index in [0.29, 0.717) is 16.7 Å². The molecule has 2 rings (SSSR count). The summed E-state index contributed by atoms with van der Waals surface area (Å²) < 4.78 is 0.941. The van der Waals surface area contributed by atoms with Crippen LogP contribution in [0.2, 0.25) is 0 Å². The number of hydrogen-bond donors (Lipinski definition) is 1. The van der Waals surface area contributed by atoms with Crippen LogP contribution in [-0.2, 0) is 0 Å². The summed E-state index contributed by atoms with van der Waals surface area (Å²) in [6.07, 6.45) is 0. The third-order valence-electron chi connectivity index (χ3n) is 2.57. The van der Waals surface area contributed by atoms with Crippen LogP contribution >= 0.6 is 15.9 Å².